The van der Waals surface area contributed by atoms with Gasteiger partial charge in [0.25, 0.3) is 0 Å². The van der Waals surface area contributed by atoms with E-state index < -0.39 is 11.8 Å². The second kappa shape index (κ2) is 7.92. The molecule has 0 aliphatic heterocycles. The number of halogens is 2. The quantitative estimate of drug-likeness (QED) is 0.723. The molecule has 0 fully saturated rings. The van der Waals surface area contributed by atoms with Gasteiger partial charge in [-0.25, -0.2) is 9.18 Å². The van der Waals surface area contributed by atoms with Gasteiger partial charge in [0, 0.05) is 5.69 Å². The molecule has 2 rings (SSSR count). The molecule has 0 spiro atoms. The number of anilines is 1. The summed E-state index contributed by atoms with van der Waals surface area (Å²) in [6.07, 6.45) is 0. The van der Waals surface area contributed by atoms with Gasteiger partial charge in [-0.3, -0.25) is 4.79 Å². The van der Waals surface area contributed by atoms with Gasteiger partial charge in [-0.15, -0.1) is 0 Å². The molecule has 2 aromatic carbocycles. The fourth-order valence-corrected chi connectivity index (χ4v) is 2.39. The number of carbonyl (C=O) groups excluding carboxylic acids is 1. The number of hydrogen-bond acceptors (Lipinski definition) is 4. The van der Waals surface area contributed by atoms with Crippen LogP contribution in [0.3, 0.4) is 0 Å². The second-order valence-corrected chi connectivity index (χ2v) is 5.96. The van der Waals surface area contributed by atoms with Gasteiger partial charge in [0.2, 0.25) is 0 Å². The molecule has 7 heteroatoms. The third kappa shape index (κ3) is 4.79. The van der Waals surface area contributed by atoms with Crippen molar-refractivity contribution in [2.24, 2.45) is 0 Å². The van der Waals surface area contributed by atoms with Gasteiger partial charge in [-0.1, -0.05) is 6.07 Å². The summed E-state index contributed by atoms with van der Waals surface area (Å²) in [6.45, 7) is 1.51. The Bertz CT molecular complexity index is 766. The van der Waals surface area contributed by atoms with E-state index in [1.165, 1.54) is 37.3 Å². The maximum atomic E-state index is 13.2. The van der Waals surface area contributed by atoms with Crippen molar-refractivity contribution in [3.05, 3.63) is 58.3 Å². The normalized spacial score (nSPS) is 10.3. The van der Waals surface area contributed by atoms with Gasteiger partial charge in [0.1, 0.15) is 17.3 Å². The number of benzene rings is 2. The summed E-state index contributed by atoms with van der Waals surface area (Å²) in [4.78, 5) is 24.2. The molecule has 24 heavy (non-hydrogen) atoms. The Labute approximate surface area is 146 Å². The Kier molecular flexibility index (Phi) is 5.92. The van der Waals surface area contributed by atoms with Crippen molar-refractivity contribution in [3.63, 3.8) is 0 Å². The van der Waals surface area contributed by atoms with Gasteiger partial charge >= 0.3 is 5.97 Å². The number of carboxylic acids is 1. The van der Waals surface area contributed by atoms with Crippen molar-refractivity contribution >= 4 is 33.4 Å². The average molecular weight is 396 g/mol. The number of carbonyl (C=O) groups is 2. The summed E-state index contributed by atoms with van der Waals surface area (Å²) in [5.74, 6) is -1.13. The maximum absolute atomic E-state index is 13.2. The first-order valence-corrected chi connectivity index (χ1v) is 7.81. The Morgan fingerprint density at radius 3 is 2.62 bits per heavy atom. The van der Waals surface area contributed by atoms with Crippen LogP contribution in [0.1, 0.15) is 17.3 Å². The standard InChI is InChI=1S/C17H15BrFNO4/c1-11(21)9-20(13-4-2-3-12(7-13)17(22)23)10-24-14-5-6-16(19)15(18)8-14/h2-8H,9-10H2,1H3,(H,22,23). The van der Waals surface area contributed by atoms with Crippen LogP contribution in [-0.4, -0.2) is 30.1 Å². The lowest BCUT2D eigenvalue weighted by atomic mass is 10.2. The summed E-state index contributed by atoms with van der Waals surface area (Å²) in [7, 11) is 0. The molecule has 0 saturated carbocycles. The molecule has 0 bridgehead atoms. The van der Waals surface area contributed by atoms with E-state index in [0.29, 0.717) is 11.4 Å². The first-order chi connectivity index (χ1) is 11.4. The Morgan fingerprint density at radius 2 is 2.00 bits per heavy atom. The largest absolute Gasteiger partial charge is 0.478 e. The summed E-state index contributed by atoms with van der Waals surface area (Å²) in [5, 5.41) is 9.08. The molecule has 0 heterocycles. The van der Waals surface area contributed by atoms with Crippen LogP contribution < -0.4 is 9.64 Å². The zero-order chi connectivity index (χ0) is 17.7. The topological polar surface area (TPSA) is 66.8 Å². The molecule has 0 aromatic heterocycles. The number of aromatic carboxylic acids is 1. The lowest BCUT2D eigenvalue weighted by Gasteiger charge is -2.24. The van der Waals surface area contributed by atoms with Crippen LogP contribution in [0.4, 0.5) is 10.1 Å². The number of ketones is 1. The molecular formula is C17H15BrFNO4. The van der Waals surface area contributed by atoms with E-state index >= 15 is 0 Å². The number of hydrogen-bond donors (Lipinski definition) is 1. The van der Waals surface area contributed by atoms with Gasteiger partial charge < -0.3 is 14.7 Å². The number of rotatable bonds is 7. The van der Waals surface area contributed by atoms with Crippen LogP contribution in [-0.2, 0) is 4.79 Å². The van der Waals surface area contributed by atoms with Crippen molar-refractivity contribution in [1.82, 2.24) is 0 Å². The van der Waals surface area contributed by atoms with Crippen LogP contribution in [0.5, 0.6) is 5.75 Å². The van der Waals surface area contributed by atoms with Crippen LogP contribution in [0.25, 0.3) is 0 Å². The highest BCUT2D eigenvalue weighted by molar-refractivity contribution is 9.10. The second-order valence-electron chi connectivity index (χ2n) is 5.10. The zero-order valence-electron chi connectivity index (χ0n) is 12.8. The van der Waals surface area contributed by atoms with E-state index in [1.807, 2.05) is 0 Å². The van der Waals surface area contributed by atoms with E-state index in [0.717, 1.165) is 0 Å². The minimum atomic E-state index is -1.05. The molecule has 0 unspecified atom stereocenters. The maximum Gasteiger partial charge on any atom is 0.335 e. The third-order valence-corrected chi connectivity index (χ3v) is 3.76. The van der Waals surface area contributed by atoms with E-state index in [2.05, 4.69) is 15.9 Å². The molecule has 126 valence electrons. The number of nitrogens with zero attached hydrogens (tertiary/aromatic N) is 1. The van der Waals surface area contributed by atoms with Crippen molar-refractivity contribution in [2.75, 3.05) is 18.2 Å². The molecule has 0 aliphatic carbocycles. The van der Waals surface area contributed by atoms with E-state index in [9.17, 15) is 14.0 Å². The number of Topliss-reactive ketones (excluding diaryl/α,β-unsaturated/α-hetero) is 1. The van der Waals surface area contributed by atoms with Gasteiger partial charge in [0.15, 0.2) is 6.73 Å². The van der Waals surface area contributed by atoms with Crippen molar-refractivity contribution < 1.29 is 23.8 Å². The summed E-state index contributed by atoms with van der Waals surface area (Å²) < 4.78 is 19.1. The van der Waals surface area contributed by atoms with Crippen LogP contribution in [0.15, 0.2) is 46.9 Å². The molecule has 0 saturated heterocycles. The van der Waals surface area contributed by atoms with E-state index in [1.54, 1.807) is 17.0 Å². The van der Waals surface area contributed by atoms with E-state index in [4.69, 9.17) is 9.84 Å². The molecule has 0 atom stereocenters. The number of carboxylic acid groups (broad SMARTS) is 1. The predicted octanol–water partition coefficient (Wildman–Crippen LogP) is 3.72. The molecular weight excluding hydrogens is 381 g/mol. The predicted molar refractivity (Wildman–Crippen MR) is 91.0 cm³/mol. The summed E-state index contributed by atoms with van der Waals surface area (Å²) in [5.41, 5.74) is 0.664. The van der Waals surface area contributed by atoms with E-state index in [-0.39, 0.29) is 29.1 Å². The molecule has 5 nitrogen and oxygen atoms in total. The van der Waals surface area contributed by atoms with Gasteiger partial charge in [-0.2, -0.15) is 0 Å². The SMILES string of the molecule is CC(=O)CN(COc1ccc(F)c(Br)c1)c1cccc(C(=O)O)c1. The molecule has 1 N–H and O–H groups in total. The summed E-state index contributed by atoms with van der Waals surface area (Å²) >= 11 is 3.08. The van der Waals surface area contributed by atoms with Crippen molar-refractivity contribution in [1.29, 1.82) is 0 Å². The Morgan fingerprint density at radius 1 is 1.25 bits per heavy atom. The van der Waals surface area contributed by atoms with Crippen LogP contribution >= 0.6 is 15.9 Å². The fourth-order valence-electron chi connectivity index (χ4n) is 2.03. The van der Waals surface area contributed by atoms with Crippen molar-refractivity contribution in [2.45, 2.75) is 6.92 Å². The zero-order valence-corrected chi connectivity index (χ0v) is 14.4. The lowest BCUT2D eigenvalue weighted by Crippen LogP contribution is -2.32. The first kappa shape index (κ1) is 17.9. The highest BCUT2D eigenvalue weighted by Crippen LogP contribution is 2.23. The van der Waals surface area contributed by atoms with Crippen LogP contribution in [0.2, 0.25) is 0 Å². The number of ether oxygens (including phenoxy) is 1. The highest BCUT2D eigenvalue weighted by Gasteiger charge is 2.13. The average Bonchev–Trinajstić information content (AvgIpc) is 2.54. The van der Waals surface area contributed by atoms with Gasteiger partial charge in [0.05, 0.1) is 16.6 Å². The Balaban J connectivity index is 2.19. The first-order valence-electron chi connectivity index (χ1n) is 7.02. The Hall–Kier alpha value is -2.41. The van der Waals surface area contributed by atoms with Crippen molar-refractivity contribution in [3.8, 4) is 5.75 Å². The third-order valence-electron chi connectivity index (χ3n) is 3.15. The fraction of sp³-hybridized carbons (Fsp3) is 0.176. The minimum absolute atomic E-state index is 0.0146. The minimum Gasteiger partial charge on any atom is -0.478 e. The lowest BCUT2D eigenvalue weighted by molar-refractivity contribution is -0.115. The monoisotopic (exact) mass is 395 g/mol. The van der Waals surface area contributed by atoms with Crippen LogP contribution in [0, 0.1) is 5.82 Å². The van der Waals surface area contributed by atoms with Gasteiger partial charge in [-0.05, 0) is 59.3 Å². The molecule has 0 aliphatic rings. The molecule has 2 aromatic rings. The molecule has 0 radical (unpaired) electrons. The smallest absolute Gasteiger partial charge is 0.335 e. The summed E-state index contributed by atoms with van der Waals surface area (Å²) in [6, 6.07) is 10.4. The molecule has 0 amide bonds. The highest BCUT2D eigenvalue weighted by atomic mass is 79.9.